The van der Waals surface area contributed by atoms with Crippen LogP contribution in [0.1, 0.15) is 70.9 Å². The molecule has 2 aromatic heterocycles. The Labute approximate surface area is 211 Å². The molecule has 0 aliphatic carbocycles. The maximum absolute atomic E-state index is 13.4. The lowest BCUT2D eigenvalue weighted by Gasteiger charge is -2.35. The third-order valence-corrected chi connectivity index (χ3v) is 7.28. The van der Waals surface area contributed by atoms with E-state index in [-0.39, 0.29) is 23.8 Å². The number of carbonyl (C=O) groups excluding carboxylic acids is 2. The van der Waals surface area contributed by atoms with E-state index < -0.39 is 0 Å². The lowest BCUT2D eigenvalue weighted by molar-refractivity contribution is 0.0663. The number of rotatable bonds is 5. The van der Waals surface area contributed by atoms with E-state index in [9.17, 15) is 9.59 Å². The molecular formula is C27H33N7O2. The molecule has 0 saturated carbocycles. The van der Waals surface area contributed by atoms with E-state index in [1.807, 2.05) is 47.7 Å². The highest BCUT2D eigenvalue weighted by Gasteiger charge is 2.37. The summed E-state index contributed by atoms with van der Waals surface area (Å²) in [6.45, 7) is 5.99. The predicted octanol–water partition coefficient (Wildman–Crippen LogP) is 3.21. The average Bonchev–Trinajstić information content (AvgIpc) is 3.53. The first-order valence-electron chi connectivity index (χ1n) is 12.6. The van der Waals surface area contributed by atoms with E-state index in [1.165, 1.54) is 0 Å². The monoisotopic (exact) mass is 487 g/mol. The Balaban J connectivity index is 1.47. The van der Waals surface area contributed by atoms with Gasteiger partial charge in [-0.25, -0.2) is 4.98 Å². The van der Waals surface area contributed by atoms with Crippen LogP contribution >= 0.6 is 0 Å². The number of aromatic nitrogens is 4. The van der Waals surface area contributed by atoms with Crippen molar-refractivity contribution in [3.05, 3.63) is 71.6 Å². The van der Waals surface area contributed by atoms with Crippen molar-refractivity contribution in [3.8, 4) is 0 Å². The molecule has 9 heteroatoms. The number of likely N-dealkylation sites (tertiary alicyclic amines) is 1. The molecule has 188 valence electrons. The summed E-state index contributed by atoms with van der Waals surface area (Å²) < 4.78 is 1.82. The van der Waals surface area contributed by atoms with Crippen molar-refractivity contribution in [3.63, 3.8) is 0 Å². The van der Waals surface area contributed by atoms with Gasteiger partial charge in [-0.05, 0) is 76.7 Å². The summed E-state index contributed by atoms with van der Waals surface area (Å²) in [4.78, 5) is 41.6. The van der Waals surface area contributed by atoms with E-state index >= 15 is 0 Å². The van der Waals surface area contributed by atoms with Crippen LogP contribution in [0.5, 0.6) is 0 Å². The molecule has 36 heavy (non-hydrogen) atoms. The van der Waals surface area contributed by atoms with Crippen LogP contribution in [0.4, 0.5) is 5.69 Å². The number of amides is 2. The molecule has 0 spiro atoms. The van der Waals surface area contributed by atoms with Gasteiger partial charge in [0.1, 0.15) is 12.0 Å². The van der Waals surface area contributed by atoms with E-state index in [2.05, 4.69) is 29.0 Å². The van der Waals surface area contributed by atoms with Crippen molar-refractivity contribution in [1.29, 1.82) is 0 Å². The lowest BCUT2D eigenvalue weighted by atomic mass is 9.97. The topological polar surface area (TPSA) is 87.5 Å². The maximum Gasteiger partial charge on any atom is 0.276 e. The molecule has 1 atom stereocenters. The minimum atomic E-state index is -0.222. The summed E-state index contributed by atoms with van der Waals surface area (Å²) in [6.07, 6.45) is 5.28. The number of fused-ring (bicyclic) bond motifs is 1. The molecule has 2 aliphatic rings. The Morgan fingerprint density at radius 3 is 2.44 bits per heavy atom. The molecule has 5 rings (SSSR count). The van der Waals surface area contributed by atoms with Crippen molar-refractivity contribution < 1.29 is 9.59 Å². The highest BCUT2D eigenvalue weighted by Crippen LogP contribution is 2.40. The summed E-state index contributed by atoms with van der Waals surface area (Å²) in [5.74, 6) is 0.286. The molecule has 2 amide bonds. The highest BCUT2D eigenvalue weighted by atomic mass is 16.2. The first kappa shape index (κ1) is 24.1. The van der Waals surface area contributed by atoms with Gasteiger partial charge in [0.2, 0.25) is 0 Å². The van der Waals surface area contributed by atoms with Crippen LogP contribution in [0, 0.1) is 0 Å². The number of piperidine rings is 1. The van der Waals surface area contributed by atoms with Crippen LogP contribution < -0.4 is 4.90 Å². The van der Waals surface area contributed by atoms with Gasteiger partial charge < -0.3 is 14.7 Å². The SMILES string of the molecule is CC(C)n1cnc(C2CN(C(=O)c3ccccn3)c3ccc(C(=O)N4CCC(N(C)C)CC4)cc32)n1. The minimum Gasteiger partial charge on any atom is -0.339 e. The predicted molar refractivity (Wildman–Crippen MR) is 137 cm³/mol. The molecule has 1 unspecified atom stereocenters. The van der Waals surface area contributed by atoms with Crippen LogP contribution in [0.3, 0.4) is 0 Å². The van der Waals surface area contributed by atoms with E-state index in [4.69, 9.17) is 5.10 Å². The van der Waals surface area contributed by atoms with Crippen LogP contribution in [0.15, 0.2) is 48.9 Å². The fourth-order valence-corrected chi connectivity index (χ4v) is 5.10. The molecule has 9 nitrogen and oxygen atoms in total. The second-order valence-corrected chi connectivity index (χ2v) is 10.1. The molecular weight excluding hydrogens is 454 g/mol. The Kier molecular flexibility index (Phi) is 6.57. The maximum atomic E-state index is 13.4. The fourth-order valence-electron chi connectivity index (χ4n) is 5.10. The second kappa shape index (κ2) is 9.81. The summed E-state index contributed by atoms with van der Waals surface area (Å²) >= 11 is 0. The number of benzene rings is 1. The number of anilines is 1. The smallest absolute Gasteiger partial charge is 0.276 e. The van der Waals surface area contributed by atoms with E-state index in [0.29, 0.717) is 29.7 Å². The first-order chi connectivity index (χ1) is 17.3. The van der Waals surface area contributed by atoms with Crippen LogP contribution in [-0.4, -0.2) is 81.1 Å². The zero-order chi connectivity index (χ0) is 25.4. The molecule has 1 fully saturated rings. The van der Waals surface area contributed by atoms with Gasteiger partial charge in [-0.2, -0.15) is 5.10 Å². The Bertz CT molecular complexity index is 1250. The van der Waals surface area contributed by atoms with Crippen LogP contribution in [0.2, 0.25) is 0 Å². The zero-order valence-corrected chi connectivity index (χ0v) is 21.3. The van der Waals surface area contributed by atoms with Gasteiger partial charge in [0, 0.05) is 49.2 Å². The van der Waals surface area contributed by atoms with Gasteiger partial charge in [0.05, 0.1) is 5.92 Å². The molecule has 2 aliphatic heterocycles. The quantitative estimate of drug-likeness (QED) is 0.549. The summed E-state index contributed by atoms with van der Waals surface area (Å²) in [6, 6.07) is 11.7. The average molecular weight is 488 g/mol. The van der Waals surface area contributed by atoms with Crippen molar-refractivity contribution in [2.75, 3.05) is 38.6 Å². The lowest BCUT2D eigenvalue weighted by Crippen LogP contribution is -2.44. The number of nitrogens with zero attached hydrogens (tertiary/aromatic N) is 7. The standard InChI is InChI=1S/C27H33N7O2/c1-18(2)34-17-29-25(30-34)22-16-33(27(36)23-7-5-6-12-28-23)24-9-8-19(15-21(22)24)26(35)32-13-10-20(11-14-32)31(3)4/h5-9,12,15,17-18,20,22H,10-11,13-14,16H2,1-4H3. The van der Waals surface area contributed by atoms with E-state index in [1.54, 1.807) is 29.6 Å². The molecule has 0 bridgehead atoms. The summed E-state index contributed by atoms with van der Waals surface area (Å²) in [7, 11) is 4.19. The third kappa shape index (κ3) is 4.51. The number of pyridine rings is 1. The number of hydrogen-bond acceptors (Lipinski definition) is 6. The molecule has 0 N–H and O–H groups in total. The minimum absolute atomic E-state index is 0.0314. The summed E-state index contributed by atoms with van der Waals surface area (Å²) in [5, 5.41) is 4.70. The van der Waals surface area contributed by atoms with Gasteiger partial charge in [0.25, 0.3) is 11.8 Å². The third-order valence-electron chi connectivity index (χ3n) is 7.28. The largest absolute Gasteiger partial charge is 0.339 e. The first-order valence-corrected chi connectivity index (χ1v) is 12.6. The molecule has 0 radical (unpaired) electrons. The number of hydrogen-bond donors (Lipinski definition) is 0. The van der Waals surface area contributed by atoms with Crippen molar-refractivity contribution >= 4 is 17.5 Å². The molecule has 4 heterocycles. The Morgan fingerprint density at radius 1 is 1.03 bits per heavy atom. The fraction of sp³-hybridized carbons (Fsp3) is 0.444. The van der Waals surface area contributed by atoms with Gasteiger partial charge in [-0.1, -0.05) is 6.07 Å². The zero-order valence-electron chi connectivity index (χ0n) is 21.3. The van der Waals surface area contributed by atoms with Crippen LogP contribution in [0.25, 0.3) is 0 Å². The van der Waals surface area contributed by atoms with Gasteiger partial charge >= 0.3 is 0 Å². The van der Waals surface area contributed by atoms with Gasteiger partial charge in [-0.3, -0.25) is 19.3 Å². The summed E-state index contributed by atoms with van der Waals surface area (Å²) in [5.41, 5.74) is 2.69. The normalized spacial score (nSPS) is 18.2. The van der Waals surface area contributed by atoms with E-state index in [0.717, 1.165) is 37.2 Å². The second-order valence-electron chi connectivity index (χ2n) is 10.1. The molecule has 1 aromatic carbocycles. The van der Waals surface area contributed by atoms with Crippen LogP contribution in [-0.2, 0) is 0 Å². The molecule has 1 saturated heterocycles. The van der Waals surface area contributed by atoms with Gasteiger partial charge in [-0.15, -0.1) is 0 Å². The van der Waals surface area contributed by atoms with Crippen molar-refractivity contribution in [2.45, 2.75) is 44.7 Å². The highest BCUT2D eigenvalue weighted by molar-refractivity contribution is 6.07. The number of carbonyl (C=O) groups is 2. The molecule has 3 aromatic rings. The van der Waals surface area contributed by atoms with Crippen molar-refractivity contribution in [2.24, 2.45) is 0 Å². The Hall–Kier alpha value is -3.59. The van der Waals surface area contributed by atoms with Gasteiger partial charge in [0.15, 0.2) is 5.82 Å². The Morgan fingerprint density at radius 2 is 1.81 bits per heavy atom. The van der Waals surface area contributed by atoms with Crippen molar-refractivity contribution in [1.82, 2.24) is 29.5 Å².